The molecule has 0 saturated heterocycles. The minimum absolute atomic E-state index is 0.651. The summed E-state index contributed by atoms with van der Waals surface area (Å²) in [4.78, 5) is 0. The van der Waals surface area contributed by atoms with Gasteiger partial charge in [0.1, 0.15) is 0 Å². The molecule has 0 aromatic rings. The largest absolute Gasteiger partial charge is 0.441 e. The van der Waals surface area contributed by atoms with Crippen molar-refractivity contribution in [2.75, 3.05) is 6.61 Å². The fourth-order valence-corrected chi connectivity index (χ4v) is 2.59. The lowest BCUT2D eigenvalue weighted by molar-refractivity contribution is 0.282. The van der Waals surface area contributed by atoms with E-state index in [1.54, 1.807) is 0 Å². The van der Waals surface area contributed by atoms with E-state index in [2.05, 4.69) is 26.6 Å². The molecular formula is C7H20O2Si2. The van der Waals surface area contributed by atoms with Gasteiger partial charge in [-0.05, 0) is 26.1 Å². The second-order valence-corrected chi connectivity index (χ2v) is 9.66. The van der Waals surface area contributed by atoms with Crippen molar-refractivity contribution >= 4 is 18.3 Å². The summed E-state index contributed by atoms with van der Waals surface area (Å²) in [6.45, 7) is 9.66. The molecule has 0 aliphatic rings. The van der Waals surface area contributed by atoms with Crippen LogP contribution in [0.15, 0.2) is 0 Å². The van der Waals surface area contributed by atoms with E-state index >= 15 is 0 Å². The summed E-state index contributed by atoms with van der Waals surface area (Å²) in [5.41, 5.74) is 0. The SMILES string of the molecule is CCCCO[SiH2]O[Si](C)(C)C. The van der Waals surface area contributed by atoms with Crippen molar-refractivity contribution in [2.45, 2.75) is 39.4 Å². The van der Waals surface area contributed by atoms with Gasteiger partial charge in [-0.1, -0.05) is 13.3 Å². The number of hydrogen-bond donors (Lipinski definition) is 0. The number of rotatable bonds is 6. The van der Waals surface area contributed by atoms with Crippen molar-refractivity contribution in [2.24, 2.45) is 0 Å². The summed E-state index contributed by atoms with van der Waals surface area (Å²) >= 11 is 0. The standard InChI is InChI=1S/C7H20O2Si2/c1-5-6-7-8-10-9-11(2,3)4/h5-7,10H2,1-4H3. The van der Waals surface area contributed by atoms with Crippen LogP contribution >= 0.6 is 0 Å². The Kier molecular flexibility index (Phi) is 6.13. The molecule has 0 unspecified atom stereocenters. The van der Waals surface area contributed by atoms with E-state index in [4.69, 9.17) is 8.54 Å². The van der Waals surface area contributed by atoms with Gasteiger partial charge in [0.2, 0.25) is 0 Å². The average Bonchev–Trinajstić information content (AvgIpc) is 1.85. The Hall–Kier alpha value is 0.354. The maximum absolute atomic E-state index is 5.63. The normalized spacial score (nSPS) is 13.1. The lowest BCUT2D eigenvalue weighted by Crippen LogP contribution is -2.28. The highest BCUT2D eigenvalue weighted by molar-refractivity contribution is 6.73. The fraction of sp³-hybridized carbons (Fsp3) is 1.00. The zero-order valence-electron chi connectivity index (χ0n) is 8.14. The van der Waals surface area contributed by atoms with Gasteiger partial charge in [0.05, 0.1) is 0 Å². The highest BCUT2D eigenvalue weighted by atomic mass is 28.4. The maximum Gasteiger partial charge on any atom is 0.294 e. The predicted molar refractivity (Wildman–Crippen MR) is 53.8 cm³/mol. The fourth-order valence-electron chi connectivity index (χ4n) is 0.524. The highest BCUT2D eigenvalue weighted by Crippen LogP contribution is 2.00. The molecule has 0 N–H and O–H groups in total. The van der Waals surface area contributed by atoms with Gasteiger partial charge in [-0.25, -0.2) is 0 Å². The van der Waals surface area contributed by atoms with E-state index in [0.29, 0.717) is 0 Å². The molecule has 0 atom stereocenters. The topological polar surface area (TPSA) is 18.5 Å². The second-order valence-electron chi connectivity index (χ2n) is 3.64. The van der Waals surface area contributed by atoms with E-state index in [1.165, 1.54) is 12.8 Å². The molecule has 0 rings (SSSR count). The first-order valence-corrected chi connectivity index (χ1v) is 8.84. The summed E-state index contributed by atoms with van der Waals surface area (Å²) in [6, 6.07) is 0. The van der Waals surface area contributed by atoms with Crippen molar-refractivity contribution in [1.82, 2.24) is 0 Å². The van der Waals surface area contributed by atoms with Gasteiger partial charge < -0.3 is 8.54 Å². The van der Waals surface area contributed by atoms with Crippen LogP contribution in [0.25, 0.3) is 0 Å². The van der Waals surface area contributed by atoms with Crippen molar-refractivity contribution < 1.29 is 8.54 Å². The summed E-state index contributed by atoms with van der Waals surface area (Å²) in [6.07, 6.45) is 2.38. The summed E-state index contributed by atoms with van der Waals surface area (Å²) in [7, 11) is -1.93. The molecular weight excluding hydrogens is 172 g/mol. The molecule has 0 saturated carbocycles. The minimum Gasteiger partial charge on any atom is -0.441 e. The van der Waals surface area contributed by atoms with Crippen molar-refractivity contribution in [3.63, 3.8) is 0 Å². The number of hydrogen-bond acceptors (Lipinski definition) is 2. The monoisotopic (exact) mass is 192 g/mol. The first-order chi connectivity index (χ1) is 5.06. The molecule has 0 bridgehead atoms. The molecule has 4 heteroatoms. The Morgan fingerprint density at radius 2 is 1.91 bits per heavy atom. The van der Waals surface area contributed by atoms with Crippen LogP contribution in [0.1, 0.15) is 19.8 Å². The lowest BCUT2D eigenvalue weighted by Gasteiger charge is -2.16. The second kappa shape index (κ2) is 5.94. The average molecular weight is 192 g/mol. The van der Waals surface area contributed by atoms with Crippen LogP contribution in [0.4, 0.5) is 0 Å². The first kappa shape index (κ1) is 11.4. The third-order valence-electron chi connectivity index (χ3n) is 1.22. The Bertz CT molecular complexity index is 90.9. The van der Waals surface area contributed by atoms with Gasteiger partial charge in [0.15, 0.2) is 8.32 Å². The molecule has 0 radical (unpaired) electrons. The van der Waals surface area contributed by atoms with E-state index < -0.39 is 18.3 Å². The Morgan fingerprint density at radius 3 is 2.36 bits per heavy atom. The molecule has 11 heavy (non-hydrogen) atoms. The van der Waals surface area contributed by atoms with Crippen LogP contribution in [0.3, 0.4) is 0 Å². The van der Waals surface area contributed by atoms with Crippen LogP contribution in [0.5, 0.6) is 0 Å². The Labute approximate surface area is 73.5 Å². The van der Waals surface area contributed by atoms with E-state index in [0.717, 1.165) is 6.61 Å². The quantitative estimate of drug-likeness (QED) is 0.471. The van der Waals surface area contributed by atoms with Crippen LogP contribution in [0, 0.1) is 0 Å². The lowest BCUT2D eigenvalue weighted by atomic mass is 10.4. The molecule has 0 aliphatic carbocycles. The summed E-state index contributed by atoms with van der Waals surface area (Å²) in [5.74, 6) is 0. The molecule has 2 nitrogen and oxygen atoms in total. The smallest absolute Gasteiger partial charge is 0.294 e. The van der Waals surface area contributed by atoms with Gasteiger partial charge in [0.25, 0.3) is 10.0 Å². The Morgan fingerprint density at radius 1 is 1.27 bits per heavy atom. The highest BCUT2D eigenvalue weighted by Gasteiger charge is 2.12. The van der Waals surface area contributed by atoms with Crippen molar-refractivity contribution in [3.05, 3.63) is 0 Å². The number of unbranched alkanes of at least 4 members (excludes halogenated alkanes) is 1. The van der Waals surface area contributed by atoms with Gasteiger partial charge in [-0.3, -0.25) is 0 Å². The molecule has 0 amide bonds. The van der Waals surface area contributed by atoms with Gasteiger partial charge in [-0.2, -0.15) is 0 Å². The van der Waals surface area contributed by atoms with Gasteiger partial charge >= 0.3 is 0 Å². The third kappa shape index (κ3) is 10.4. The molecule has 0 aliphatic heterocycles. The zero-order valence-corrected chi connectivity index (χ0v) is 10.6. The van der Waals surface area contributed by atoms with Crippen LogP contribution in [0.2, 0.25) is 19.6 Å². The van der Waals surface area contributed by atoms with Crippen LogP contribution in [-0.2, 0) is 8.54 Å². The Balaban J connectivity index is 3.02. The van der Waals surface area contributed by atoms with Crippen LogP contribution < -0.4 is 0 Å². The summed E-state index contributed by atoms with van der Waals surface area (Å²) in [5, 5.41) is 0. The van der Waals surface area contributed by atoms with Gasteiger partial charge in [-0.15, -0.1) is 0 Å². The molecule has 0 aromatic carbocycles. The third-order valence-corrected chi connectivity index (χ3v) is 5.61. The van der Waals surface area contributed by atoms with E-state index in [1.807, 2.05) is 0 Å². The van der Waals surface area contributed by atoms with Crippen molar-refractivity contribution in [1.29, 1.82) is 0 Å². The van der Waals surface area contributed by atoms with Gasteiger partial charge in [0, 0.05) is 6.61 Å². The van der Waals surface area contributed by atoms with E-state index in [9.17, 15) is 0 Å². The first-order valence-electron chi connectivity index (χ1n) is 4.28. The molecule has 68 valence electrons. The molecule has 0 spiro atoms. The van der Waals surface area contributed by atoms with Crippen LogP contribution in [-0.4, -0.2) is 24.9 Å². The molecule has 0 heterocycles. The summed E-state index contributed by atoms with van der Waals surface area (Å²) < 4.78 is 11.0. The minimum atomic E-state index is -1.28. The predicted octanol–water partition coefficient (Wildman–Crippen LogP) is 1.65. The molecule has 0 aromatic heterocycles. The van der Waals surface area contributed by atoms with E-state index in [-0.39, 0.29) is 0 Å². The van der Waals surface area contributed by atoms with Crippen molar-refractivity contribution in [3.8, 4) is 0 Å². The molecule has 0 fully saturated rings. The zero-order chi connectivity index (χ0) is 8.74. The maximum atomic E-state index is 5.63.